The van der Waals surface area contributed by atoms with Crippen LogP contribution in [0.15, 0.2) is 52.4 Å². The minimum atomic E-state index is 0.903. The molecule has 2 aromatic carbocycles. The summed E-state index contributed by atoms with van der Waals surface area (Å²) in [6.07, 6.45) is 43.0. The zero-order valence-corrected chi connectivity index (χ0v) is 38.5. The first-order chi connectivity index (χ1) is 28.1. The fourth-order valence-electron chi connectivity index (χ4n) is 7.96. The average Bonchev–Trinajstić information content (AvgIpc) is 3.22. The quantitative estimate of drug-likeness (QED) is 0.0374. The summed E-state index contributed by atoms with van der Waals surface area (Å²) in [6.45, 7) is 11.5. The molecule has 57 heavy (non-hydrogen) atoms. The molecule has 2 heteroatoms. The van der Waals surface area contributed by atoms with Gasteiger partial charge in [0.15, 0.2) is 0 Å². The highest BCUT2D eigenvalue weighted by Crippen LogP contribution is 2.26. The molecule has 0 bridgehead atoms. The van der Waals surface area contributed by atoms with Gasteiger partial charge in [0, 0.05) is 12.8 Å². The van der Waals surface area contributed by atoms with E-state index in [4.69, 9.17) is 9.98 Å². The minimum Gasteiger partial charge on any atom is -0.252 e. The van der Waals surface area contributed by atoms with Crippen LogP contribution in [-0.2, 0) is 19.3 Å². The highest BCUT2D eigenvalue weighted by Gasteiger charge is 2.13. The third-order valence-corrected chi connectivity index (χ3v) is 11.6. The van der Waals surface area contributed by atoms with Crippen LogP contribution >= 0.6 is 0 Å². The lowest BCUT2D eigenvalue weighted by Gasteiger charge is -2.14. The van der Waals surface area contributed by atoms with Crippen molar-refractivity contribution in [2.24, 2.45) is 9.98 Å². The fourth-order valence-corrected chi connectivity index (χ4v) is 7.96. The molecule has 2 aromatic rings. The number of rotatable bonds is 36. The summed E-state index contributed by atoms with van der Waals surface area (Å²) < 4.78 is 0. The molecule has 0 radical (unpaired) electrons. The molecule has 0 aliphatic carbocycles. The van der Waals surface area contributed by atoms with Crippen LogP contribution < -0.4 is 0 Å². The number of benzene rings is 2. The summed E-state index contributed by atoms with van der Waals surface area (Å²) in [4.78, 5) is 11.1. The van der Waals surface area contributed by atoms with Crippen LogP contribution in [-0.4, -0.2) is 11.4 Å². The predicted octanol–water partition coefficient (Wildman–Crippen LogP) is 18.4. The number of para-hydroxylation sites is 1. The molecule has 0 saturated carbocycles. The maximum Gasteiger partial charge on any atom is 0.0666 e. The van der Waals surface area contributed by atoms with Gasteiger partial charge in [-0.3, -0.25) is 9.98 Å². The molecule has 0 amide bonds. The van der Waals surface area contributed by atoms with E-state index in [0.717, 1.165) is 56.3 Å². The molecular formula is C55H90N2. The van der Waals surface area contributed by atoms with E-state index in [0.29, 0.717) is 0 Å². The first kappa shape index (κ1) is 50.5. The lowest BCUT2D eigenvalue weighted by atomic mass is 9.99. The Balaban J connectivity index is 2.10. The van der Waals surface area contributed by atoms with E-state index < -0.39 is 0 Å². The topological polar surface area (TPSA) is 24.7 Å². The van der Waals surface area contributed by atoms with Crippen LogP contribution in [0.1, 0.15) is 250 Å². The highest BCUT2D eigenvalue weighted by molar-refractivity contribution is 6.43. The first-order valence-electron chi connectivity index (χ1n) is 25.0. The number of hydrogen-bond acceptors (Lipinski definition) is 2. The van der Waals surface area contributed by atoms with Crippen molar-refractivity contribution in [1.82, 2.24) is 0 Å². The second kappa shape index (κ2) is 36.4. The number of aliphatic imine (C=N–C) groups is 2. The zero-order valence-electron chi connectivity index (χ0n) is 38.5. The van der Waals surface area contributed by atoms with E-state index >= 15 is 0 Å². The van der Waals surface area contributed by atoms with Crippen molar-refractivity contribution in [2.75, 3.05) is 0 Å². The third kappa shape index (κ3) is 26.1. The predicted molar refractivity (Wildman–Crippen MR) is 257 cm³/mol. The largest absolute Gasteiger partial charge is 0.252 e. The van der Waals surface area contributed by atoms with Crippen molar-refractivity contribution in [1.29, 1.82) is 0 Å². The van der Waals surface area contributed by atoms with E-state index in [2.05, 4.69) is 88.9 Å². The molecule has 0 heterocycles. The Morgan fingerprint density at radius 1 is 0.404 bits per heavy atom. The molecule has 0 fully saturated rings. The van der Waals surface area contributed by atoms with Crippen molar-refractivity contribution < 1.29 is 0 Å². The molecule has 0 spiro atoms. The van der Waals surface area contributed by atoms with Crippen LogP contribution in [0.25, 0.3) is 0 Å². The minimum absolute atomic E-state index is 0.903. The molecule has 0 atom stereocenters. The van der Waals surface area contributed by atoms with Gasteiger partial charge in [-0.2, -0.15) is 0 Å². The lowest BCUT2D eigenvalue weighted by Crippen LogP contribution is -2.15. The van der Waals surface area contributed by atoms with Gasteiger partial charge in [-0.25, -0.2) is 0 Å². The van der Waals surface area contributed by atoms with Crippen LogP contribution in [0.3, 0.4) is 0 Å². The van der Waals surface area contributed by atoms with Crippen LogP contribution in [0, 0.1) is 11.8 Å². The second-order valence-electron chi connectivity index (χ2n) is 17.1. The molecular weight excluding hydrogens is 689 g/mol. The van der Waals surface area contributed by atoms with Gasteiger partial charge in [-0.1, -0.05) is 200 Å². The summed E-state index contributed by atoms with van der Waals surface area (Å²) in [6, 6.07) is 16.1. The molecule has 2 rings (SSSR count). The highest BCUT2D eigenvalue weighted by atomic mass is 14.8. The lowest BCUT2D eigenvalue weighted by molar-refractivity contribution is 0.536. The van der Waals surface area contributed by atoms with Crippen molar-refractivity contribution in [2.45, 2.75) is 253 Å². The molecule has 0 aromatic heterocycles. The van der Waals surface area contributed by atoms with Crippen molar-refractivity contribution >= 4 is 22.8 Å². The Morgan fingerprint density at radius 3 is 1.39 bits per heavy atom. The van der Waals surface area contributed by atoms with Gasteiger partial charge in [-0.05, 0) is 99.1 Å². The monoisotopic (exact) mass is 779 g/mol. The molecule has 2 nitrogen and oxygen atoms in total. The Labute approximate surface area is 355 Å². The van der Waals surface area contributed by atoms with E-state index in [1.807, 2.05) is 0 Å². The number of unbranched alkanes of at least 4 members (excludes halogenated alkanes) is 23. The molecule has 0 aliphatic heterocycles. The summed E-state index contributed by atoms with van der Waals surface area (Å²) in [7, 11) is 0. The van der Waals surface area contributed by atoms with Gasteiger partial charge in [0.05, 0.1) is 22.8 Å². The van der Waals surface area contributed by atoms with Crippen molar-refractivity contribution in [3.05, 3.63) is 59.2 Å². The maximum atomic E-state index is 5.55. The van der Waals surface area contributed by atoms with E-state index in [-0.39, 0.29) is 0 Å². The first-order valence-corrected chi connectivity index (χ1v) is 25.0. The van der Waals surface area contributed by atoms with E-state index in [9.17, 15) is 0 Å². The van der Waals surface area contributed by atoms with Gasteiger partial charge in [0.25, 0.3) is 0 Å². The maximum absolute atomic E-state index is 5.55. The molecule has 0 saturated heterocycles. The number of aryl methyl sites for hydroxylation is 3. The standard InChI is InChI=1S/C55H90N2/c1-6-11-16-18-19-20-21-22-23-24-25-26-27-28-29-30-31-35-41-51-42-37-38-43-53(51)57-55(45-36-17-12-7-2)54(44-34-15-10-5)56-52-47-49(39-32-13-8-3)46-50(48-52)40-33-14-9-4/h37-38,42-43,46-48H,6-29,32-36,39-41,44-45H2,1-5H3. The van der Waals surface area contributed by atoms with Gasteiger partial charge in [0.1, 0.15) is 0 Å². The molecule has 0 N–H and O–H groups in total. The zero-order chi connectivity index (χ0) is 40.9. The summed E-state index contributed by atoms with van der Waals surface area (Å²) in [5, 5.41) is 0. The van der Waals surface area contributed by atoms with Gasteiger partial charge >= 0.3 is 0 Å². The van der Waals surface area contributed by atoms with E-state index in [1.165, 1.54) is 201 Å². The Kier molecular flexibility index (Phi) is 32.3. The Bertz CT molecular complexity index is 1340. The molecule has 0 aliphatic rings. The van der Waals surface area contributed by atoms with E-state index in [1.54, 1.807) is 0 Å². The smallest absolute Gasteiger partial charge is 0.0666 e. The number of hydrogen-bond donors (Lipinski definition) is 0. The normalized spacial score (nSPS) is 11.9. The summed E-state index contributed by atoms with van der Waals surface area (Å²) >= 11 is 0. The van der Waals surface area contributed by atoms with Crippen LogP contribution in [0.5, 0.6) is 0 Å². The van der Waals surface area contributed by atoms with Crippen molar-refractivity contribution in [3.63, 3.8) is 0 Å². The summed E-state index contributed by atoms with van der Waals surface area (Å²) in [5.41, 5.74) is 8.93. The Hall–Kier alpha value is -2.66. The van der Waals surface area contributed by atoms with Crippen LogP contribution in [0.2, 0.25) is 0 Å². The number of nitrogens with zero attached hydrogens (tertiary/aromatic N) is 2. The molecule has 320 valence electrons. The Morgan fingerprint density at radius 2 is 0.825 bits per heavy atom. The van der Waals surface area contributed by atoms with Gasteiger partial charge in [0.2, 0.25) is 0 Å². The third-order valence-electron chi connectivity index (χ3n) is 11.6. The average molecular weight is 779 g/mol. The SMILES string of the molecule is CCCCCCCCCCCCCCCCC#CCCc1ccccc1N=C(CCCCCC)C(CCCCC)=Nc1cc(CCCCC)cc(CCCCC)c1. The van der Waals surface area contributed by atoms with Crippen molar-refractivity contribution in [3.8, 4) is 11.8 Å². The summed E-state index contributed by atoms with van der Waals surface area (Å²) in [5.74, 6) is 7.03. The fraction of sp³-hybridized carbons (Fsp3) is 0.709. The second-order valence-corrected chi connectivity index (χ2v) is 17.1. The van der Waals surface area contributed by atoms with Gasteiger partial charge in [-0.15, -0.1) is 11.8 Å². The van der Waals surface area contributed by atoms with Crippen LogP contribution in [0.4, 0.5) is 11.4 Å². The molecule has 0 unspecified atom stereocenters. The van der Waals surface area contributed by atoms with Gasteiger partial charge < -0.3 is 0 Å².